The number of carbonyl (C=O) groups is 1. The molecule has 1 fully saturated rings. The van der Waals surface area contributed by atoms with Gasteiger partial charge in [-0.2, -0.15) is 0 Å². The van der Waals surface area contributed by atoms with Crippen molar-refractivity contribution in [3.63, 3.8) is 0 Å². The Hall–Kier alpha value is -1.92. The van der Waals surface area contributed by atoms with E-state index in [1.54, 1.807) is 0 Å². The molecule has 0 aromatic carbocycles. The topological polar surface area (TPSA) is 69.9 Å². The van der Waals surface area contributed by atoms with Crippen LogP contribution in [0.15, 0.2) is 24.5 Å². The van der Waals surface area contributed by atoms with Gasteiger partial charge in [0.05, 0.1) is 11.6 Å². The largest absolute Gasteiger partial charge is 0.481 e. The highest BCUT2D eigenvalue weighted by Gasteiger charge is 2.24. The molecular formula is C16H22N4O2. The Morgan fingerprint density at radius 2 is 2.14 bits per heavy atom. The third-order valence-electron chi connectivity index (χ3n) is 4.26. The summed E-state index contributed by atoms with van der Waals surface area (Å²) in [4.78, 5) is 17.9. The van der Waals surface area contributed by atoms with Crippen LogP contribution in [0.5, 0.6) is 0 Å². The first-order chi connectivity index (χ1) is 10.7. The van der Waals surface area contributed by atoms with Gasteiger partial charge < -0.3 is 14.8 Å². The Morgan fingerprint density at radius 3 is 2.82 bits per heavy atom. The summed E-state index contributed by atoms with van der Waals surface area (Å²) in [5, 5.41) is 12.2. The second-order valence-electron chi connectivity index (χ2n) is 5.95. The third-order valence-corrected chi connectivity index (χ3v) is 4.26. The van der Waals surface area contributed by atoms with Gasteiger partial charge >= 0.3 is 5.97 Å². The standard InChI is InChI=1S/C16H22N4O2/c1-17-8-14-11-20-10-12(2-3-15(20)18-14)9-19-6-4-13(5-7-19)16(21)22/h2-3,10-11,13,17H,4-9H2,1H3,(H,21,22). The fourth-order valence-electron chi connectivity index (χ4n) is 3.05. The van der Waals surface area contributed by atoms with Crippen molar-refractivity contribution in [1.82, 2.24) is 19.6 Å². The van der Waals surface area contributed by atoms with Gasteiger partial charge in [-0.05, 0) is 44.6 Å². The summed E-state index contributed by atoms with van der Waals surface area (Å²) in [5.41, 5.74) is 3.22. The Labute approximate surface area is 129 Å². The van der Waals surface area contributed by atoms with Crippen molar-refractivity contribution in [2.24, 2.45) is 5.92 Å². The van der Waals surface area contributed by atoms with Crippen LogP contribution in [0.1, 0.15) is 24.1 Å². The molecule has 6 heteroatoms. The Bertz CT molecular complexity index is 659. The first kappa shape index (κ1) is 15.0. The van der Waals surface area contributed by atoms with Crippen LogP contribution in [-0.2, 0) is 17.9 Å². The zero-order chi connectivity index (χ0) is 15.5. The molecule has 1 aliphatic heterocycles. The van der Waals surface area contributed by atoms with Crippen LogP contribution in [0.4, 0.5) is 0 Å². The van der Waals surface area contributed by atoms with Gasteiger partial charge in [0.2, 0.25) is 0 Å². The number of nitrogens with one attached hydrogen (secondary N) is 1. The first-order valence-corrected chi connectivity index (χ1v) is 7.72. The number of rotatable bonds is 5. The minimum absolute atomic E-state index is 0.170. The molecule has 3 heterocycles. The zero-order valence-corrected chi connectivity index (χ0v) is 12.8. The number of fused-ring (bicyclic) bond motifs is 1. The van der Waals surface area contributed by atoms with Gasteiger partial charge in [-0.3, -0.25) is 9.69 Å². The first-order valence-electron chi connectivity index (χ1n) is 7.72. The van der Waals surface area contributed by atoms with Crippen LogP contribution in [0, 0.1) is 5.92 Å². The van der Waals surface area contributed by atoms with Crippen LogP contribution in [0.25, 0.3) is 5.65 Å². The number of aromatic nitrogens is 2. The molecule has 0 bridgehead atoms. The monoisotopic (exact) mass is 302 g/mol. The SMILES string of the molecule is CNCc1cn2cc(CN3CCC(C(=O)O)CC3)ccc2n1. The fraction of sp³-hybridized carbons (Fsp3) is 0.500. The number of nitrogens with zero attached hydrogens (tertiary/aromatic N) is 3. The van der Waals surface area contributed by atoms with Crippen LogP contribution in [-0.4, -0.2) is 45.5 Å². The molecule has 0 radical (unpaired) electrons. The molecule has 3 rings (SSSR count). The maximum atomic E-state index is 11.0. The van der Waals surface area contributed by atoms with Gasteiger partial charge in [0.25, 0.3) is 0 Å². The van der Waals surface area contributed by atoms with Gasteiger partial charge in [0.15, 0.2) is 0 Å². The highest BCUT2D eigenvalue weighted by molar-refractivity contribution is 5.70. The summed E-state index contributed by atoms with van der Waals surface area (Å²) in [5.74, 6) is -0.826. The minimum Gasteiger partial charge on any atom is -0.481 e. The molecule has 2 N–H and O–H groups in total. The number of hydrogen-bond donors (Lipinski definition) is 2. The lowest BCUT2D eigenvalue weighted by molar-refractivity contribution is -0.143. The molecule has 1 aliphatic rings. The predicted molar refractivity (Wildman–Crippen MR) is 83.6 cm³/mol. The average Bonchev–Trinajstić information content (AvgIpc) is 2.90. The van der Waals surface area contributed by atoms with Gasteiger partial charge in [-0.15, -0.1) is 0 Å². The molecule has 0 saturated carbocycles. The van der Waals surface area contributed by atoms with E-state index in [9.17, 15) is 4.79 Å². The average molecular weight is 302 g/mol. The van der Waals surface area contributed by atoms with Crippen LogP contribution < -0.4 is 5.32 Å². The lowest BCUT2D eigenvalue weighted by Crippen LogP contribution is -2.35. The lowest BCUT2D eigenvalue weighted by atomic mass is 9.97. The normalized spacial score (nSPS) is 17.1. The van der Waals surface area contributed by atoms with Gasteiger partial charge in [0, 0.05) is 25.5 Å². The van der Waals surface area contributed by atoms with Crippen molar-refractivity contribution in [3.8, 4) is 0 Å². The number of likely N-dealkylation sites (tertiary alicyclic amines) is 1. The van der Waals surface area contributed by atoms with Gasteiger partial charge in [-0.1, -0.05) is 6.07 Å². The van der Waals surface area contributed by atoms with E-state index in [4.69, 9.17) is 5.11 Å². The maximum Gasteiger partial charge on any atom is 0.306 e. The van der Waals surface area contributed by atoms with Crippen LogP contribution in [0.3, 0.4) is 0 Å². The Kier molecular flexibility index (Phi) is 4.40. The molecule has 0 spiro atoms. The summed E-state index contributed by atoms with van der Waals surface area (Å²) in [6.45, 7) is 3.33. The summed E-state index contributed by atoms with van der Waals surface area (Å²) >= 11 is 0. The number of piperidine rings is 1. The maximum absolute atomic E-state index is 11.0. The summed E-state index contributed by atoms with van der Waals surface area (Å²) in [7, 11) is 1.91. The van der Waals surface area contributed by atoms with E-state index in [-0.39, 0.29) is 5.92 Å². The van der Waals surface area contributed by atoms with Crippen molar-refractivity contribution in [1.29, 1.82) is 0 Å². The van der Waals surface area contributed by atoms with Crippen LogP contribution >= 0.6 is 0 Å². The van der Waals surface area contributed by atoms with Crippen molar-refractivity contribution in [3.05, 3.63) is 35.8 Å². The third kappa shape index (κ3) is 3.28. The van der Waals surface area contributed by atoms with E-state index >= 15 is 0 Å². The van der Waals surface area contributed by atoms with E-state index < -0.39 is 5.97 Å². The number of pyridine rings is 1. The van der Waals surface area contributed by atoms with Gasteiger partial charge in [-0.25, -0.2) is 4.98 Å². The highest BCUT2D eigenvalue weighted by Crippen LogP contribution is 2.19. The molecule has 22 heavy (non-hydrogen) atoms. The minimum atomic E-state index is -0.656. The Morgan fingerprint density at radius 1 is 1.36 bits per heavy atom. The van der Waals surface area contributed by atoms with Gasteiger partial charge in [0.1, 0.15) is 5.65 Å². The number of aliphatic carboxylic acids is 1. The van der Waals surface area contributed by atoms with E-state index in [2.05, 4.69) is 31.9 Å². The van der Waals surface area contributed by atoms with Crippen molar-refractivity contribution in [2.75, 3.05) is 20.1 Å². The number of imidazole rings is 1. The predicted octanol–water partition coefficient (Wildman–Crippen LogP) is 1.35. The van der Waals surface area contributed by atoms with E-state index in [1.807, 2.05) is 19.3 Å². The lowest BCUT2D eigenvalue weighted by Gasteiger charge is -2.29. The van der Waals surface area contributed by atoms with E-state index in [0.717, 1.165) is 50.4 Å². The second-order valence-corrected chi connectivity index (χ2v) is 5.95. The molecule has 2 aromatic rings. The zero-order valence-electron chi connectivity index (χ0n) is 12.8. The molecule has 6 nitrogen and oxygen atoms in total. The number of carboxylic acid groups (broad SMARTS) is 1. The van der Waals surface area contributed by atoms with Crippen molar-refractivity contribution < 1.29 is 9.90 Å². The summed E-state index contributed by atoms with van der Waals surface area (Å²) < 4.78 is 2.06. The molecule has 2 aromatic heterocycles. The molecular weight excluding hydrogens is 280 g/mol. The smallest absolute Gasteiger partial charge is 0.306 e. The quantitative estimate of drug-likeness (QED) is 0.872. The van der Waals surface area contributed by atoms with Crippen molar-refractivity contribution in [2.45, 2.75) is 25.9 Å². The molecule has 118 valence electrons. The highest BCUT2D eigenvalue weighted by atomic mass is 16.4. The summed E-state index contributed by atoms with van der Waals surface area (Å²) in [6.07, 6.45) is 5.65. The molecule has 0 aliphatic carbocycles. The van der Waals surface area contributed by atoms with Crippen molar-refractivity contribution >= 4 is 11.6 Å². The second kappa shape index (κ2) is 6.46. The number of hydrogen-bond acceptors (Lipinski definition) is 4. The molecule has 0 unspecified atom stereocenters. The molecule has 1 saturated heterocycles. The van der Waals surface area contributed by atoms with E-state index in [1.165, 1.54) is 5.56 Å². The molecule has 0 atom stereocenters. The fourth-order valence-corrected chi connectivity index (χ4v) is 3.05. The summed E-state index contributed by atoms with van der Waals surface area (Å²) in [6, 6.07) is 4.15. The number of carboxylic acids is 1. The molecule has 0 amide bonds. The van der Waals surface area contributed by atoms with E-state index in [0.29, 0.717) is 0 Å². The van der Waals surface area contributed by atoms with Crippen LogP contribution in [0.2, 0.25) is 0 Å². The Balaban J connectivity index is 1.65.